The maximum atomic E-state index is 4.26. The van der Waals surface area contributed by atoms with Crippen molar-refractivity contribution in [2.45, 2.75) is 39.3 Å². The quantitative estimate of drug-likeness (QED) is 0.843. The van der Waals surface area contributed by atoms with Crippen LogP contribution < -0.4 is 10.6 Å². The fourth-order valence-corrected chi connectivity index (χ4v) is 3.05. The zero-order chi connectivity index (χ0) is 11.4. The average Bonchev–Trinajstić information content (AvgIpc) is 2.65. The van der Waals surface area contributed by atoms with Crippen LogP contribution in [0.5, 0.6) is 0 Å². The van der Waals surface area contributed by atoms with Gasteiger partial charge in [0, 0.05) is 17.5 Å². The Bertz CT molecular complexity index is 324. The van der Waals surface area contributed by atoms with Crippen molar-refractivity contribution in [3.8, 4) is 0 Å². The molecule has 1 fully saturated rings. The lowest BCUT2D eigenvalue weighted by molar-refractivity contribution is 0.304. The molecule has 0 aliphatic carbocycles. The molecule has 2 atom stereocenters. The van der Waals surface area contributed by atoms with E-state index < -0.39 is 0 Å². The van der Waals surface area contributed by atoms with Gasteiger partial charge in [0.05, 0.1) is 11.2 Å². The summed E-state index contributed by atoms with van der Waals surface area (Å²) in [6, 6.07) is 0.686. The molecule has 4 heteroatoms. The standard InChI is InChI=1S/C12H21N3S/c1-9-5-11(3-4-14-9)6-13-7-12-10(2)15-8-16-12/h8-9,11,13-14H,3-7H2,1-2H3. The highest BCUT2D eigenvalue weighted by atomic mass is 32.1. The van der Waals surface area contributed by atoms with Gasteiger partial charge in [-0.2, -0.15) is 0 Å². The molecule has 0 radical (unpaired) electrons. The Morgan fingerprint density at radius 1 is 1.62 bits per heavy atom. The van der Waals surface area contributed by atoms with Crippen LogP contribution in [-0.4, -0.2) is 24.1 Å². The van der Waals surface area contributed by atoms with Gasteiger partial charge in [-0.3, -0.25) is 0 Å². The minimum Gasteiger partial charge on any atom is -0.314 e. The van der Waals surface area contributed by atoms with Crippen LogP contribution in [0.2, 0.25) is 0 Å². The van der Waals surface area contributed by atoms with Crippen LogP contribution >= 0.6 is 11.3 Å². The van der Waals surface area contributed by atoms with Crippen molar-refractivity contribution in [3.05, 3.63) is 16.1 Å². The molecule has 2 unspecified atom stereocenters. The molecule has 0 amide bonds. The van der Waals surface area contributed by atoms with E-state index in [4.69, 9.17) is 0 Å². The van der Waals surface area contributed by atoms with Crippen LogP contribution in [0.25, 0.3) is 0 Å². The number of aryl methyl sites for hydroxylation is 1. The highest BCUT2D eigenvalue weighted by molar-refractivity contribution is 7.09. The van der Waals surface area contributed by atoms with Crippen LogP contribution in [0.3, 0.4) is 0 Å². The maximum Gasteiger partial charge on any atom is 0.0798 e. The average molecular weight is 239 g/mol. The summed E-state index contributed by atoms with van der Waals surface area (Å²) >= 11 is 1.75. The fourth-order valence-electron chi connectivity index (χ4n) is 2.31. The number of thiazole rings is 1. The second kappa shape index (κ2) is 5.75. The third kappa shape index (κ3) is 3.27. The first-order valence-electron chi connectivity index (χ1n) is 6.08. The molecule has 0 bridgehead atoms. The summed E-state index contributed by atoms with van der Waals surface area (Å²) < 4.78 is 0. The summed E-state index contributed by atoms with van der Waals surface area (Å²) in [5.41, 5.74) is 3.11. The zero-order valence-corrected chi connectivity index (χ0v) is 10.9. The highest BCUT2D eigenvalue weighted by Crippen LogP contribution is 2.16. The van der Waals surface area contributed by atoms with Crippen molar-refractivity contribution in [2.75, 3.05) is 13.1 Å². The van der Waals surface area contributed by atoms with Gasteiger partial charge in [-0.15, -0.1) is 11.3 Å². The summed E-state index contributed by atoms with van der Waals surface area (Å²) in [6.07, 6.45) is 2.60. The Hall–Kier alpha value is -0.450. The lowest BCUT2D eigenvalue weighted by Crippen LogP contribution is -2.39. The molecule has 90 valence electrons. The Morgan fingerprint density at radius 3 is 3.19 bits per heavy atom. The first-order valence-corrected chi connectivity index (χ1v) is 6.96. The third-order valence-electron chi connectivity index (χ3n) is 3.30. The predicted molar refractivity (Wildman–Crippen MR) is 68.7 cm³/mol. The van der Waals surface area contributed by atoms with E-state index in [9.17, 15) is 0 Å². The molecule has 2 rings (SSSR count). The monoisotopic (exact) mass is 239 g/mol. The lowest BCUT2D eigenvalue weighted by atomic mass is 9.93. The van der Waals surface area contributed by atoms with Crippen molar-refractivity contribution in [3.63, 3.8) is 0 Å². The highest BCUT2D eigenvalue weighted by Gasteiger charge is 2.17. The van der Waals surface area contributed by atoms with Gasteiger partial charge in [-0.1, -0.05) is 0 Å². The second-order valence-electron chi connectivity index (χ2n) is 4.74. The van der Waals surface area contributed by atoms with E-state index in [1.165, 1.54) is 30.0 Å². The topological polar surface area (TPSA) is 37.0 Å². The smallest absolute Gasteiger partial charge is 0.0798 e. The number of piperidine rings is 1. The number of hydrogen-bond donors (Lipinski definition) is 2. The van der Waals surface area contributed by atoms with Crippen LogP contribution in [0, 0.1) is 12.8 Å². The van der Waals surface area contributed by atoms with E-state index in [1.54, 1.807) is 11.3 Å². The first kappa shape index (κ1) is 12.0. The maximum absolute atomic E-state index is 4.26. The molecule has 3 nitrogen and oxygen atoms in total. The van der Waals surface area contributed by atoms with Gasteiger partial charge < -0.3 is 10.6 Å². The summed E-state index contributed by atoms with van der Waals surface area (Å²) in [7, 11) is 0. The number of hydrogen-bond acceptors (Lipinski definition) is 4. The van der Waals surface area contributed by atoms with Crippen molar-refractivity contribution in [1.82, 2.24) is 15.6 Å². The Morgan fingerprint density at radius 2 is 2.50 bits per heavy atom. The summed E-state index contributed by atoms with van der Waals surface area (Å²) in [5.74, 6) is 0.837. The molecule has 0 spiro atoms. The lowest BCUT2D eigenvalue weighted by Gasteiger charge is -2.28. The van der Waals surface area contributed by atoms with Crippen molar-refractivity contribution < 1.29 is 0 Å². The van der Waals surface area contributed by atoms with Gasteiger partial charge in [-0.25, -0.2) is 4.98 Å². The zero-order valence-electron chi connectivity index (χ0n) is 10.1. The minimum absolute atomic E-state index is 0.686. The van der Waals surface area contributed by atoms with E-state index in [0.717, 1.165) is 19.0 Å². The van der Waals surface area contributed by atoms with E-state index >= 15 is 0 Å². The molecule has 1 aromatic heterocycles. The molecular weight excluding hydrogens is 218 g/mol. The molecule has 2 N–H and O–H groups in total. The Labute approximate surface area is 102 Å². The molecule has 16 heavy (non-hydrogen) atoms. The number of aromatic nitrogens is 1. The number of nitrogens with one attached hydrogen (secondary N) is 2. The molecule has 1 aromatic rings. The first-order chi connectivity index (χ1) is 7.75. The summed E-state index contributed by atoms with van der Waals surface area (Å²) in [6.45, 7) is 7.66. The third-order valence-corrected chi connectivity index (χ3v) is 4.23. The molecule has 1 aliphatic heterocycles. The molecular formula is C12H21N3S. The predicted octanol–water partition coefficient (Wildman–Crippen LogP) is 1.93. The normalized spacial score (nSPS) is 25.9. The fraction of sp³-hybridized carbons (Fsp3) is 0.750. The van der Waals surface area contributed by atoms with E-state index in [0.29, 0.717) is 6.04 Å². The number of rotatable bonds is 4. The second-order valence-corrected chi connectivity index (χ2v) is 5.68. The van der Waals surface area contributed by atoms with E-state index in [1.807, 2.05) is 5.51 Å². The minimum atomic E-state index is 0.686. The van der Waals surface area contributed by atoms with Crippen LogP contribution in [0.15, 0.2) is 5.51 Å². The van der Waals surface area contributed by atoms with Crippen molar-refractivity contribution in [2.24, 2.45) is 5.92 Å². The largest absolute Gasteiger partial charge is 0.314 e. The van der Waals surface area contributed by atoms with Crippen LogP contribution in [0.4, 0.5) is 0 Å². The summed E-state index contributed by atoms with van der Waals surface area (Å²) in [5, 5.41) is 7.05. The van der Waals surface area contributed by atoms with Crippen molar-refractivity contribution >= 4 is 11.3 Å². The van der Waals surface area contributed by atoms with Gasteiger partial charge in [0.25, 0.3) is 0 Å². The summed E-state index contributed by atoms with van der Waals surface area (Å²) in [4.78, 5) is 5.64. The Kier molecular flexibility index (Phi) is 4.32. The van der Waals surface area contributed by atoms with Crippen LogP contribution in [0.1, 0.15) is 30.3 Å². The van der Waals surface area contributed by atoms with Gasteiger partial charge in [-0.05, 0) is 45.7 Å². The SMILES string of the molecule is Cc1ncsc1CNCC1CCNC(C)C1. The van der Waals surface area contributed by atoms with Crippen molar-refractivity contribution in [1.29, 1.82) is 0 Å². The van der Waals surface area contributed by atoms with Crippen LogP contribution in [-0.2, 0) is 6.54 Å². The van der Waals surface area contributed by atoms with Gasteiger partial charge in [0.1, 0.15) is 0 Å². The van der Waals surface area contributed by atoms with E-state index in [2.05, 4.69) is 29.5 Å². The molecule has 1 aliphatic rings. The number of nitrogens with zero attached hydrogens (tertiary/aromatic N) is 1. The molecule has 2 heterocycles. The molecule has 0 aromatic carbocycles. The van der Waals surface area contributed by atoms with Gasteiger partial charge >= 0.3 is 0 Å². The molecule has 1 saturated heterocycles. The molecule has 0 saturated carbocycles. The van der Waals surface area contributed by atoms with Gasteiger partial charge in [0.15, 0.2) is 0 Å². The van der Waals surface area contributed by atoms with Gasteiger partial charge in [0.2, 0.25) is 0 Å². The Balaban J connectivity index is 1.70. The van der Waals surface area contributed by atoms with E-state index in [-0.39, 0.29) is 0 Å².